The second-order valence-electron chi connectivity index (χ2n) is 6.54. The highest BCUT2D eigenvalue weighted by Gasteiger charge is 2.16. The molecule has 0 spiro atoms. The smallest absolute Gasteiger partial charge is 0.254 e. The van der Waals surface area contributed by atoms with Gasteiger partial charge in [-0.3, -0.25) is 9.59 Å². The molecular formula is C21H24N6O4. The maximum Gasteiger partial charge on any atom is 0.254 e. The summed E-state index contributed by atoms with van der Waals surface area (Å²) >= 11 is 0. The van der Waals surface area contributed by atoms with Gasteiger partial charge in [0, 0.05) is 24.4 Å². The predicted molar refractivity (Wildman–Crippen MR) is 114 cm³/mol. The summed E-state index contributed by atoms with van der Waals surface area (Å²) in [5, 5.41) is 13.7. The largest absolute Gasteiger partial charge is 0.490 e. The van der Waals surface area contributed by atoms with Gasteiger partial charge in [-0.2, -0.15) is 0 Å². The van der Waals surface area contributed by atoms with Gasteiger partial charge in [-0.05, 0) is 60.7 Å². The van der Waals surface area contributed by atoms with Crippen LogP contribution in [0.15, 0.2) is 48.8 Å². The third-order valence-corrected chi connectivity index (χ3v) is 4.28. The van der Waals surface area contributed by atoms with Crippen LogP contribution in [0.1, 0.15) is 24.2 Å². The van der Waals surface area contributed by atoms with E-state index in [1.807, 2.05) is 13.8 Å². The van der Waals surface area contributed by atoms with Gasteiger partial charge in [0.25, 0.3) is 5.91 Å². The highest BCUT2D eigenvalue weighted by atomic mass is 16.5. The fourth-order valence-corrected chi connectivity index (χ4v) is 2.87. The zero-order valence-electron chi connectivity index (χ0n) is 17.6. The van der Waals surface area contributed by atoms with Gasteiger partial charge in [0.15, 0.2) is 11.5 Å². The topological polar surface area (TPSA) is 111 Å². The molecular weight excluding hydrogens is 400 g/mol. The molecule has 0 fully saturated rings. The molecule has 31 heavy (non-hydrogen) atoms. The quantitative estimate of drug-likeness (QED) is 0.560. The number of tetrazole rings is 1. The molecule has 0 unspecified atom stereocenters. The van der Waals surface area contributed by atoms with E-state index in [0.29, 0.717) is 36.0 Å². The Bertz CT molecular complexity index is 1020. The number of amides is 2. The third-order valence-electron chi connectivity index (χ3n) is 4.28. The van der Waals surface area contributed by atoms with Gasteiger partial charge in [-0.15, -0.1) is 5.10 Å². The Morgan fingerprint density at radius 2 is 1.74 bits per heavy atom. The highest BCUT2D eigenvalue weighted by Crippen LogP contribution is 2.30. The van der Waals surface area contributed by atoms with Crippen LogP contribution in [-0.2, 0) is 4.79 Å². The van der Waals surface area contributed by atoms with Crippen LogP contribution in [0.3, 0.4) is 0 Å². The van der Waals surface area contributed by atoms with E-state index in [-0.39, 0.29) is 18.4 Å². The number of benzene rings is 2. The summed E-state index contributed by atoms with van der Waals surface area (Å²) in [6, 6.07) is 11.9. The number of nitrogens with zero attached hydrogens (tertiary/aromatic N) is 5. The first-order chi connectivity index (χ1) is 15.0. The number of anilines is 1. The Labute approximate surface area is 179 Å². The summed E-state index contributed by atoms with van der Waals surface area (Å²) in [6.45, 7) is 4.63. The minimum absolute atomic E-state index is 0.106. The number of nitrogens with one attached hydrogen (secondary N) is 1. The molecule has 0 saturated carbocycles. The lowest BCUT2D eigenvalue weighted by atomic mass is 10.2. The first-order valence-corrected chi connectivity index (χ1v) is 9.80. The number of aromatic nitrogens is 4. The monoisotopic (exact) mass is 424 g/mol. The van der Waals surface area contributed by atoms with E-state index in [9.17, 15) is 9.59 Å². The number of likely N-dealkylation sites (N-methyl/N-ethyl adjacent to an activating group) is 1. The second-order valence-corrected chi connectivity index (χ2v) is 6.54. The van der Waals surface area contributed by atoms with Crippen molar-refractivity contribution in [3.8, 4) is 17.2 Å². The molecule has 0 aliphatic carbocycles. The average Bonchev–Trinajstić information content (AvgIpc) is 3.30. The molecule has 2 amide bonds. The first kappa shape index (κ1) is 21.8. The molecule has 1 heterocycles. The Balaban J connectivity index is 1.61. The number of hydrogen-bond acceptors (Lipinski definition) is 7. The maximum atomic E-state index is 12.6. The summed E-state index contributed by atoms with van der Waals surface area (Å²) in [6.07, 6.45) is 1.46. The normalized spacial score (nSPS) is 10.4. The van der Waals surface area contributed by atoms with Crippen molar-refractivity contribution in [2.24, 2.45) is 0 Å². The minimum atomic E-state index is -0.326. The first-order valence-electron chi connectivity index (χ1n) is 9.80. The standard InChI is InChI=1S/C21H24N6O4/c1-4-30-18-11-8-16(12-19(18)31-5-2)23-20(28)13-26(3)21(29)15-6-9-17(10-7-15)27-14-22-24-25-27/h6-12,14H,4-5,13H2,1-3H3,(H,23,28). The van der Waals surface area contributed by atoms with Crippen molar-refractivity contribution in [3.05, 3.63) is 54.4 Å². The Kier molecular flexibility index (Phi) is 7.15. The van der Waals surface area contributed by atoms with Gasteiger partial charge in [0.2, 0.25) is 5.91 Å². The van der Waals surface area contributed by atoms with Crippen LogP contribution in [0.25, 0.3) is 5.69 Å². The van der Waals surface area contributed by atoms with Crippen LogP contribution >= 0.6 is 0 Å². The van der Waals surface area contributed by atoms with Crippen LogP contribution in [-0.4, -0.2) is 63.7 Å². The van der Waals surface area contributed by atoms with Gasteiger partial charge < -0.3 is 19.7 Å². The zero-order valence-corrected chi connectivity index (χ0v) is 17.6. The van der Waals surface area contributed by atoms with Gasteiger partial charge in [-0.1, -0.05) is 0 Å². The molecule has 10 nitrogen and oxygen atoms in total. The summed E-state index contributed by atoms with van der Waals surface area (Å²) in [5.74, 6) is 0.557. The molecule has 2 aromatic carbocycles. The van der Waals surface area contributed by atoms with Crippen LogP contribution in [0.5, 0.6) is 11.5 Å². The molecule has 3 aromatic rings. The molecule has 0 aliphatic rings. The fraction of sp³-hybridized carbons (Fsp3) is 0.286. The molecule has 1 N–H and O–H groups in total. The minimum Gasteiger partial charge on any atom is -0.490 e. The van der Waals surface area contributed by atoms with Gasteiger partial charge >= 0.3 is 0 Å². The molecule has 162 valence electrons. The molecule has 10 heteroatoms. The molecule has 3 rings (SSSR count). The SMILES string of the molecule is CCOc1ccc(NC(=O)CN(C)C(=O)c2ccc(-n3cnnn3)cc2)cc1OCC. The number of rotatable bonds is 9. The van der Waals surface area contributed by atoms with E-state index in [0.717, 1.165) is 5.69 Å². The molecule has 0 radical (unpaired) electrons. The Hall–Kier alpha value is -3.95. The number of carbonyl (C=O) groups is 2. The van der Waals surface area contributed by atoms with Crippen LogP contribution in [0.4, 0.5) is 5.69 Å². The summed E-state index contributed by atoms with van der Waals surface area (Å²) in [4.78, 5) is 26.4. The van der Waals surface area contributed by atoms with Crippen molar-refractivity contribution in [1.82, 2.24) is 25.1 Å². The molecule has 0 atom stereocenters. The van der Waals surface area contributed by atoms with Crippen molar-refractivity contribution in [3.63, 3.8) is 0 Å². The van der Waals surface area contributed by atoms with Crippen molar-refractivity contribution in [2.45, 2.75) is 13.8 Å². The number of carbonyl (C=O) groups excluding carboxylic acids is 2. The molecule has 1 aromatic heterocycles. The lowest BCUT2D eigenvalue weighted by Gasteiger charge is -2.18. The summed E-state index contributed by atoms with van der Waals surface area (Å²) in [5.41, 5.74) is 1.73. The average molecular weight is 424 g/mol. The predicted octanol–water partition coefficient (Wildman–Crippen LogP) is 2.17. The highest BCUT2D eigenvalue weighted by molar-refractivity contribution is 5.99. The lowest BCUT2D eigenvalue weighted by molar-refractivity contribution is -0.116. The van der Waals surface area contributed by atoms with Gasteiger partial charge in [0.05, 0.1) is 25.4 Å². The van der Waals surface area contributed by atoms with Crippen LogP contribution in [0, 0.1) is 0 Å². The third kappa shape index (κ3) is 5.56. The summed E-state index contributed by atoms with van der Waals surface area (Å²) in [7, 11) is 1.57. The van der Waals surface area contributed by atoms with E-state index in [4.69, 9.17) is 9.47 Å². The number of hydrogen-bond donors (Lipinski definition) is 1. The lowest BCUT2D eigenvalue weighted by Crippen LogP contribution is -2.34. The number of ether oxygens (including phenoxy) is 2. The van der Waals surface area contributed by atoms with Gasteiger partial charge in [0.1, 0.15) is 6.33 Å². The summed E-state index contributed by atoms with van der Waals surface area (Å²) < 4.78 is 12.6. The van der Waals surface area contributed by atoms with Crippen molar-refractivity contribution in [2.75, 3.05) is 32.1 Å². The molecule has 0 bridgehead atoms. The van der Waals surface area contributed by atoms with E-state index in [1.165, 1.54) is 15.9 Å². The molecule has 0 aliphatic heterocycles. The zero-order chi connectivity index (χ0) is 22.2. The van der Waals surface area contributed by atoms with Crippen LogP contribution in [0.2, 0.25) is 0 Å². The molecule has 0 saturated heterocycles. The second kappa shape index (κ2) is 10.2. The van der Waals surface area contributed by atoms with E-state index < -0.39 is 0 Å². The van der Waals surface area contributed by atoms with E-state index in [2.05, 4.69) is 20.8 Å². The van der Waals surface area contributed by atoms with Crippen LogP contribution < -0.4 is 14.8 Å². The van der Waals surface area contributed by atoms with Crippen molar-refractivity contribution in [1.29, 1.82) is 0 Å². The van der Waals surface area contributed by atoms with Gasteiger partial charge in [-0.25, -0.2) is 4.68 Å². The maximum absolute atomic E-state index is 12.6. The van der Waals surface area contributed by atoms with Crippen molar-refractivity contribution < 1.29 is 19.1 Å². The fourth-order valence-electron chi connectivity index (χ4n) is 2.87. The van der Waals surface area contributed by atoms with Crippen molar-refractivity contribution >= 4 is 17.5 Å². The Morgan fingerprint density at radius 1 is 1.03 bits per heavy atom. The Morgan fingerprint density at radius 3 is 2.39 bits per heavy atom. The van der Waals surface area contributed by atoms with E-state index in [1.54, 1.807) is 49.5 Å². The van der Waals surface area contributed by atoms with E-state index >= 15 is 0 Å².